The Balaban J connectivity index is 1.12. The van der Waals surface area contributed by atoms with Gasteiger partial charge in [0.05, 0.1) is 0 Å². The molecule has 2 heteroatoms. The molecule has 44 heavy (non-hydrogen) atoms. The van der Waals surface area contributed by atoms with E-state index in [2.05, 4.69) is 196 Å². The molecule has 0 fully saturated rings. The molecule has 0 N–H and O–H groups in total. The predicted octanol–water partition coefficient (Wildman–Crippen LogP) is 10.6. The summed E-state index contributed by atoms with van der Waals surface area (Å²) < 4.78 is 0. The van der Waals surface area contributed by atoms with E-state index in [0.717, 1.165) is 0 Å². The third kappa shape index (κ3) is 6.99. The van der Waals surface area contributed by atoms with Crippen molar-refractivity contribution in [3.8, 4) is 0 Å². The van der Waals surface area contributed by atoms with E-state index in [1.54, 1.807) is 0 Å². The molecule has 0 saturated carbocycles. The average Bonchev–Trinajstić information content (AvgIpc) is 3.05. The second-order valence-electron chi connectivity index (χ2n) is 11.7. The van der Waals surface area contributed by atoms with Crippen LogP contribution in [-0.4, -0.2) is 28.2 Å². The lowest BCUT2D eigenvalue weighted by Crippen LogP contribution is -2.07. The van der Waals surface area contributed by atoms with Gasteiger partial charge in [-0.25, -0.2) is 0 Å². The highest BCUT2D eigenvalue weighted by Crippen LogP contribution is 2.24. The quantitative estimate of drug-likeness (QED) is 0.168. The van der Waals surface area contributed by atoms with Gasteiger partial charge in [-0.15, -0.1) is 0 Å². The molecule has 6 aromatic carbocycles. The van der Waals surface area contributed by atoms with Gasteiger partial charge in [-0.1, -0.05) is 109 Å². The average molecular weight is 571 g/mol. The fraction of sp³-hybridized carbons (Fsp3) is 0.0952. The minimum atomic E-state index is 1.20. The Labute approximate surface area is 261 Å². The number of rotatable bonds is 8. The van der Waals surface area contributed by atoms with E-state index in [0.29, 0.717) is 0 Å². The molecule has 0 aromatic heterocycles. The van der Waals surface area contributed by atoms with Crippen LogP contribution in [0.3, 0.4) is 0 Å². The van der Waals surface area contributed by atoms with Crippen LogP contribution in [-0.2, 0) is 0 Å². The fourth-order valence-electron chi connectivity index (χ4n) is 5.32. The van der Waals surface area contributed by atoms with Crippen LogP contribution in [0.4, 0.5) is 11.4 Å². The van der Waals surface area contributed by atoms with Crippen LogP contribution in [0.2, 0.25) is 0 Å². The zero-order valence-corrected chi connectivity index (χ0v) is 25.9. The molecule has 0 atom stereocenters. The summed E-state index contributed by atoms with van der Waals surface area (Å²) in [5.74, 6) is 0. The summed E-state index contributed by atoms with van der Waals surface area (Å²) in [4.78, 5) is 4.23. The molecule has 6 aromatic rings. The van der Waals surface area contributed by atoms with Crippen LogP contribution in [0.25, 0.3) is 58.0 Å². The molecular weight excluding hydrogens is 532 g/mol. The topological polar surface area (TPSA) is 6.48 Å². The van der Waals surface area contributed by atoms with Gasteiger partial charge in [-0.05, 0) is 103 Å². The Morgan fingerprint density at radius 2 is 0.523 bits per heavy atom. The maximum atomic E-state index is 2.26. The number of hydrogen-bond donors (Lipinski definition) is 0. The maximum Gasteiger partial charge on any atom is 0.0361 e. The fourth-order valence-corrected chi connectivity index (χ4v) is 5.32. The van der Waals surface area contributed by atoms with Gasteiger partial charge in [0.15, 0.2) is 0 Å². The Morgan fingerprint density at radius 1 is 0.295 bits per heavy atom. The molecule has 0 amide bonds. The number of hydrogen-bond acceptors (Lipinski definition) is 2. The van der Waals surface area contributed by atoms with Gasteiger partial charge in [-0.2, -0.15) is 0 Å². The molecule has 0 spiro atoms. The molecule has 0 heterocycles. The summed E-state index contributed by atoms with van der Waals surface area (Å²) in [5, 5.41) is 4.97. The number of nitrogens with zero attached hydrogens (tertiary/aromatic N) is 2. The molecular formula is C42H38N2. The van der Waals surface area contributed by atoms with E-state index in [1.165, 1.54) is 66.3 Å². The molecule has 0 bridgehead atoms. The van der Waals surface area contributed by atoms with Crippen LogP contribution in [0.15, 0.2) is 121 Å². The molecule has 0 aliphatic rings. The van der Waals surface area contributed by atoms with Crippen molar-refractivity contribution >= 4 is 69.4 Å². The van der Waals surface area contributed by atoms with Crippen molar-refractivity contribution in [1.82, 2.24) is 0 Å². The first kappa shape index (κ1) is 28.8. The second kappa shape index (κ2) is 12.9. The predicted molar refractivity (Wildman–Crippen MR) is 196 cm³/mol. The zero-order valence-electron chi connectivity index (χ0n) is 25.9. The monoisotopic (exact) mass is 570 g/mol. The zero-order chi connectivity index (χ0) is 30.5. The molecule has 216 valence electrons. The minimum Gasteiger partial charge on any atom is -0.378 e. The van der Waals surface area contributed by atoms with E-state index in [9.17, 15) is 0 Å². The first-order valence-corrected chi connectivity index (χ1v) is 15.1. The molecule has 6 rings (SSSR count). The van der Waals surface area contributed by atoms with Crippen LogP contribution >= 0.6 is 0 Å². The molecule has 0 saturated heterocycles. The van der Waals surface area contributed by atoms with E-state index in [1.807, 2.05) is 0 Å². The van der Waals surface area contributed by atoms with E-state index < -0.39 is 0 Å². The van der Waals surface area contributed by atoms with E-state index in [4.69, 9.17) is 0 Å². The summed E-state index contributed by atoms with van der Waals surface area (Å²) in [7, 11) is 8.25. The summed E-state index contributed by atoms with van der Waals surface area (Å²) in [6.07, 6.45) is 13.1. The van der Waals surface area contributed by atoms with Gasteiger partial charge in [0.1, 0.15) is 0 Å². The maximum absolute atomic E-state index is 2.26. The highest BCUT2D eigenvalue weighted by Gasteiger charge is 2.00. The Hall–Kier alpha value is -5.34. The Bertz CT molecular complexity index is 1840. The van der Waals surface area contributed by atoms with Crippen molar-refractivity contribution in [3.63, 3.8) is 0 Å². The molecule has 0 radical (unpaired) electrons. The molecule has 0 aliphatic carbocycles. The SMILES string of the molecule is CN(C)c1ccc(C=Cc2ccc3cc(C=Cc4ccc5cc(C=Cc6ccc(N(C)C)cc6)ccc5c4)ccc3c2)cc1. The molecule has 0 unspecified atom stereocenters. The largest absolute Gasteiger partial charge is 0.378 e. The van der Waals surface area contributed by atoms with Crippen molar-refractivity contribution < 1.29 is 0 Å². The highest BCUT2D eigenvalue weighted by molar-refractivity contribution is 5.91. The molecule has 2 nitrogen and oxygen atoms in total. The van der Waals surface area contributed by atoms with Crippen LogP contribution in [0, 0.1) is 0 Å². The lowest BCUT2D eigenvalue weighted by Gasteiger charge is -2.11. The lowest BCUT2D eigenvalue weighted by atomic mass is 10.0. The van der Waals surface area contributed by atoms with Gasteiger partial charge in [0, 0.05) is 39.6 Å². The number of benzene rings is 6. The van der Waals surface area contributed by atoms with Gasteiger partial charge >= 0.3 is 0 Å². The van der Waals surface area contributed by atoms with Crippen molar-refractivity contribution in [3.05, 3.63) is 155 Å². The lowest BCUT2D eigenvalue weighted by molar-refractivity contribution is 1.13. The normalized spacial score (nSPS) is 11.8. The Morgan fingerprint density at radius 3 is 0.773 bits per heavy atom. The standard InChI is InChI=1S/C42H38N2/c1-43(2)41-23-15-31(16-24-41)5-7-33-11-19-39-29-35(13-21-37(39)27-33)9-10-36-14-22-38-28-34(12-20-40(38)30-36)8-6-32-17-25-42(26-18-32)44(3)4/h5-30H,1-4H3. The smallest absolute Gasteiger partial charge is 0.0361 e. The summed E-state index contributed by atoms with van der Waals surface area (Å²) in [6, 6.07) is 43.8. The van der Waals surface area contributed by atoms with Gasteiger partial charge in [0.2, 0.25) is 0 Å². The Kier molecular flexibility index (Phi) is 8.43. The first-order valence-electron chi connectivity index (χ1n) is 15.1. The summed E-state index contributed by atoms with van der Waals surface area (Å²) in [6.45, 7) is 0. The van der Waals surface area contributed by atoms with Crippen LogP contribution in [0.1, 0.15) is 33.4 Å². The summed E-state index contributed by atoms with van der Waals surface area (Å²) >= 11 is 0. The third-order valence-corrected chi connectivity index (χ3v) is 8.00. The summed E-state index contributed by atoms with van der Waals surface area (Å²) in [5.41, 5.74) is 9.60. The second-order valence-corrected chi connectivity index (χ2v) is 11.7. The van der Waals surface area contributed by atoms with Crippen molar-refractivity contribution in [2.24, 2.45) is 0 Å². The van der Waals surface area contributed by atoms with E-state index in [-0.39, 0.29) is 0 Å². The number of fused-ring (bicyclic) bond motifs is 2. The third-order valence-electron chi connectivity index (χ3n) is 8.00. The van der Waals surface area contributed by atoms with Crippen molar-refractivity contribution in [1.29, 1.82) is 0 Å². The van der Waals surface area contributed by atoms with Gasteiger partial charge in [-0.3, -0.25) is 0 Å². The molecule has 0 aliphatic heterocycles. The highest BCUT2D eigenvalue weighted by atomic mass is 15.1. The first-order chi connectivity index (χ1) is 21.4. The van der Waals surface area contributed by atoms with Crippen molar-refractivity contribution in [2.45, 2.75) is 0 Å². The van der Waals surface area contributed by atoms with Crippen LogP contribution in [0.5, 0.6) is 0 Å². The van der Waals surface area contributed by atoms with Gasteiger partial charge < -0.3 is 9.80 Å². The van der Waals surface area contributed by atoms with Crippen LogP contribution < -0.4 is 9.80 Å². The van der Waals surface area contributed by atoms with Crippen molar-refractivity contribution in [2.75, 3.05) is 38.0 Å². The van der Waals surface area contributed by atoms with Gasteiger partial charge in [0.25, 0.3) is 0 Å². The van der Waals surface area contributed by atoms with E-state index >= 15 is 0 Å². The minimum absolute atomic E-state index is 1.20. The number of anilines is 2.